The van der Waals surface area contributed by atoms with Gasteiger partial charge in [0.15, 0.2) is 5.75 Å². The fourth-order valence-electron chi connectivity index (χ4n) is 2.26. The zero-order valence-electron chi connectivity index (χ0n) is 13.4. The zero-order valence-corrected chi connectivity index (χ0v) is 13.4. The van der Waals surface area contributed by atoms with E-state index in [4.69, 9.17) is 4.74 Å². The zero-order chi connectivity index (χ0) is 17.6. The summed E-state index contributed by atoms with van der Waals surface area (Å²) in [4.78, 5) is 20.1. The lowest BCUT2D eigenvalue weighted by molar-refractivity contribution is 0.102. The molecule has 1 N–H and O–H groups in total. The SMILES string of the molecule is Cc1cccc(C(=O)Nc2cc(C#N)cc(Oc3cncnc3)c2)c1.[HH]. The fourth-order valence-corrected chi connectivity index (χ4v) is 2.26. The van der Waals surface area contributed by atoms with Gasteiger partial charge in [-0.1, -0.05) is 17.7 Å². The molecule has 0 aliphatic carbocycles. The van der Waals surface area contributed by atoms with Crippen LogP contribution in [0, 0.1) is 18.3 Å². The smallest absolute Gasteiger partial charge is 0.255 e. The first-order chi connectivity index (χ1) is 12.1. The van der Waals surface area contributed by atoms with Crippen LogP contribution >= 0.6 is 0 Å². The van der Waals surface area contributed by atoms with E-state index in [1.54, 1.807) is 30.3 Å². The summed E-state index contributed by atoms with van der Waals surface area (Å²) in [5.74, 6) is 0.592. The van der Waals surface area contributed by atoms with Crippen molar-refractivity contribution in [1.29, 1.82) is 5.26 Å². The topological polar surface area (TPSA) is 87.9 Å². The maximum Gasteiger partial charge on any atom is 0.255 e. The quantitative estimate of drug-likeness (QED) is 0.781. The molecular weight excluding hydrogens is 316 g/mol. The molecule has 0 bridgehead atoms. The minimum Gasteiger partial charge on any atom is -0.454 e. The van der Waals surface area contributed by atoms with Gasteiger partial charge in [0.2, 0.25) is 0 Å². The van der Waals surface area contributed by atoms with E-state index >= 15 is 0 Å². The fraction of sp³-hybridized carbons (Fsp3) is 0.0526. The summed E-state index contributed by atoms with van der Waals surface area (Å²) in [6.07, 6.45) is 4.42. The van der Waals surface area contributed by atoms with Crippen LogP contribution in [0.2, 0.25) is 0 Å². The lowest BCUT2D eigenvalue weighted by Gasteiger charge is -2.10. The number of hydrogen-bond acceptors (Lipinski definition) is 5. The molecule has 0 saturated heterocycles. The van der Waals surface area contributed by atoms with Crippen LogP contribution in [0.5, 0.6) is 11.5 Å². The number of nitriles is 1. The number of aromatic nitrogens is 2. The number of nitrogens with zero attached hydrogens (tertiary/aromatic N) is 3. The number of ether oxygens (including phenoxy) is 1. The molecule has 25 heavy (non-hydrogen) atoms. The number of nitrogens with one attached hydrogen (secondary N) is 1. The predicted octanol–water partition coefficient (Wildman–Crippen LogP) is 3.95. The van der Waals surface area contributed by atoms with Gasteiger partial charge >= 0.3 is 0 Å². The van der Waals surface area contributed by atoms with Crippen LogP contribution < -0.4 is 10.1 Å². The van der Waals surface area contributed by atoms with E-state index in [2.05, 4.69) is 21.4 Å². The molecule has 2 aromatic carbocycles. The Hall–Kier alpha value is -3.72. The molecule has 1 heterocycles. The maximum atomic E-state index is 12.4. The van der Waals surface area contributed by atoms with E-state index in [-0.39, 0.29) is 7.33 Å². The van der Waals surface area contributed by atoms with Gasteiger partial charge in [-0.15, -0.1) is 0 Å². The second kappa shape index (κ2) is 7.23. The average Bonchev–Trinajstić information content (AvgIpc) is 2.62. The monoisotopic (exact) mass is 332 g/mol. The standard InChI is InChI=1S/C19H14N4O2.H2/c1-13-3-2-4-15(5-13)19(24)23-16-6-14(9-20)7-17(8-16)25-18-10-21-12-22-11-18;/h2-8,10-12H,1H3,(H,23,24);1H. The Morgan fingerprint density at radius 2 is 1.96 bits per heavy atom. The van der Waals surface area contributed by atoms with Crippen molar-refractivity contribution in [3.05, 3.63) is 77.9 Å². The van der Waals surface area contributed by atoms with Crippen LogP contribution in [-0.4, -0.2) is 15.9 Å². The van der Waals surface area contributed by atoms with Crippen molar-refractivity contribution in [2.45, 2.75) is 6.92 Å². The normalized spacial score (nSPS) is 9.92. The number of carbonyl (C=O) groups excluding carboxylic acids is 1. The number of benzene rings is 2. The second-order valence-corrected chi connectivity index (χ2v) is 5.36. The maximum absolute atomic E-state index is 12.4. The highest BCUT2D eigenvalue weighted by atomic mass is 16.5. The van der Waals surface area contributed by atoms with E-state index < -0.39 is 0 Å². The Bertz CT molecular complexity index is 955. The van der Waals surface area contributed by atoms with Crippen molar-refractivity contribution in [2.24, 2.45) is 0 Å². The third kappa shape index (κ3) is 4.18. The van der Waals surface area contributed by atoms with Crippen molar-refractivity contribution >= 4 is 11.6 Å². The molecule has 3 aromatic rings. The van der Waals surface area contributed by atoms with Gasteiger partial charge in [-0.05, 0) is 31.2 Å². The summed E-state index contributed by atoms with van der Waals surface area (Å²) in [6.45, 7) is 1.92. The van der Waals surface area contributed by atoms with Crippen molar-refractivity contribution in [3.63, 3.8) is 0 Å². The molecule has 1 aromatic heterocycles. The van der Waals surface area contributed by atoms with E-state index in [1.807, 2.05) is 19.1 Å². The summed E-state index contributed by atoms with van der Waals surface area (Å²) < 4.78 is 5.64. The lowest BCUT2D eigenvalue weighted by Crippen LogP contribution is -2.12. The summed E-state index contributed by atoms with van der Waals surface area (Å²) in [7, 11) is 0. The number of hydrogen-bond donors (Lipinski definition) is 1. The molecule has 6 nitrogen and oxygen atoms in total. The van der Waals surface area contributed by atoms with Gasteiger partial charge in [0.25, 0.3) is 5.91 Å². The largest absolute Gasteiger partial charge is 0.454 e. The summed E-state index contributed by atoms with van der Waals surface area (Å²) in [5.41, 5.74) is 2.37. The summed E-state index contributed by atoms with van der Waals surface area (Å²) in [5, 5.41) is 12.0. The first kappa shape index (κ1) is 16.1. The summed E-state index contributed by atoms with van der Waals surface area (Å²) in [6, 6.07) is 14.1. The molecule has 6 heteroatoms. The number of anilines is 1. The first-order valence-corrected chi connectivity index (χ1v) is 7.50. The molecule has 124 valence electrons. The van der Waals surface area contributed by atoms with Crippen LogP contribution in [0.3, 0.4) is 0 Å². The van der Waals surface area contributed by atoms with Crippen molar-refractivity contribution < 1.29 is 11.0 Å². The van der Waals surface area contributed by atoms with Crippen LogP contribution in [0.15, 0.2) is 61.2 Å². The minimum absolute atomic E-state index is 0. The molecular formula is C19H16N4O2. The van der Waals surface area contributed by atoms with Crippen molar-refractivity contribution in [1.82, 2.24) is 9.97 Å². The molecule has 0 aliphatic heterocycles. The number of carbonyl (C=O) groups is 1. The predicted molar refractivity (Wildman–Crippen MR) is 94.5 cm³/mol. The lowest BCUT2D eigenvalue weighted by atomic mass is 10.1. The first-order valence-electron chi connectivity index (χ1n) is 7.50. The number of aryl methyl sites for hydroxylation is 1. The molecule has 0 spiro atoms. The van der Waals surface area contributed by atoms with Crippen molar-refractivity contribution in [2.75, 3.05) is 5.32 Å². The Kier molecular flexibility index (Phi) is 4.67. The Labute approximate surface area is 146 Å². The molecule has 0 radical (unpaired) electrons. The van der Waals surface area contributed by atoms with Crippen LogP contribution in [0.4, 0.5) is 5.69 Å². The number of rotatable bonds is 4. The molecule has 0 fully saturated rings. The third-order valence-electron chi connectivity index (χ3n) is 3.35. The highest BCUT2D eigenvalue weighted by Crippen LogP contribution is 2.25. The van der Waals surface area contributed by atoms with E-state index in [1.165, 1.54) is 18.7 Å². The van der Waals surface area contributed by atoms with Gasteiger partial charge in [0, 0.05) is 18.7 Å². The van der Waals surface area contributed by atoms with Gasteiger partial charge in [-0.25, -0.2) is 9.97 Å². The van der Waals surface area contributed by atoms with E-state index in [0.717, 1.165) is 5.56 Å². The van der Waals surface area contributed by atoms with Gasteiger partial charge in [-0.2, -0.15) is 5.26 Å². The Morgan fingerprint density at radius 1 is 1.16 bits per heavy atom. The van der Waals surface area contributed by atoms with Gasteiger partial charge < -0.3 is 10.1 Å². The van der Waals surface area contributed by atoms with E-state index in [0.29, 0.717) is 28.3 Å². The minimum atomic E-state index is -0.257. The van der Waals surface area contributed by atoms with Crippen LogP contribution in [-0.2, 0) is 0 Å². The van der Waals surface area contributed by atoms with E-state index in [9.17, 15) is 10.1 Å². The molecule has 0 saturated carbocycles. The van der Waals surface area contributed by atoms with Crippen LogP contribution in [0.25, 0.3) is 0 Å². The molecule has 3 rings (SSSR count). The van der Waals surface area contributed by atoms with Gasteiger partial charge in [-0.3, -0.25) is 4.79 Å². The third-order valence-corrected chi connectivity index (χ3v) is 3.35. The molecule has 0 atom stereocenters. The average molecular weight is 332 g/mol. The van der Waals surface area contributed by atoms with Gasteiger partial charge in [0.1, 0.15) is 12.1 Å². The molecule has 0 aliphatic rings. The molecule has 1 amide bonds. The summed E-state index contributed by atoms with van der Waals surface area (Å²) >= 11 is 0. The highest BCUT2D eigenvalue weighted by Gasteiger charge is 2.09. The number of amides is 1. The Morgan fingerprint density at radius 3 is 2.68 bits per heavy atom. The molecule has 0 unspecified atom stereocenters. The second-order valence-electron chi connectivity index (χ2n) is 5.36. The van der Waals surface area contributed by atoms with Gasteiger partial charge in [0.05, 0.1) is 24.0 Å². The van der Waals surface area contributed by atoms with Crippen molar-refractivity contribution in [3.8, 4) is 17.6 Å². The highest BCUT2D eigenvalue weighted by molar-refractivity contribution is 6.04. The van der Waals surface area contributed by atoms with Crippen LogP contribution in [0.1, 0.15) is 22.9 Å². The Balaban J connectivity index is 0.00000243.